The number of likely N-dealkylation sites (N-methyl/N-ethyl adjacent to an activating group) is 1. The largest absolute Gasteiger partial charge is 0.370 e. The molecule has 3 rings (SSSR count). The number of sulfonamides is 1. The number of benzene rings is 1. The summed E-state index contributed by atoms with van der Waals surface area (Å²) in [5.74, 6) is -0.923. The van der Waals surface area contributed by atoms with Crippen molar-refractivity contribution in [3.8, 4) is 0 Å². The lowest BCUT2D eigenvalue weighted by molar-refractivity contribution is -0.142. The second-order valence-electron chi connectivity index (χ2n) is 11.9. The van der Waals surface area contributed by atoms with Crippen LogP contribution in [0.1, 0.15) is 53.5 Å². The predicted octanol–water partition coefficient (Wildman–Crippen LogP) is 2.12. The van der Waals surface area contributed by atoms with Gasteiger partial charge in [-0.1, -0.05) is 46.8 Å². The van der Waals surface area contributed by atoms with Crippen LogP contribution in [0.15, 0.2) is 24.3 Å². The van der Waals surface area contributed by atoms with E-state index in [1.54, 1.807) is 31.0 Å². The van der Waals surface area contributed by atoms with Gasteiger partial charge >= 0.3 is 0 Å². The van der Waals surface area contributed by atoms with E-state index in [0.717, 1.165) is 5.56 Å². The first-order valence-electron chi connectivity index (χ1n) is 13.3. The molecule has 2 fully saturated rings. The number of nitrogens with one attached hydrogen (secondary N) is 2. The fourth-order valence-corrected chi connectivity index (χ4v) is 7.28. The van der Waals surface area contributed by atoms with Gasteiger partial charge in [-0.25, -0.2) is 12.8 Å². The van der Waals surface area contributed by atoms with Gasteiger partial charge in [0.2, 0.25) is 21.8 Å². The van der Waals surface area contributed by atoms with Crippen LogP contribution in [0.25, 0.3) is 0 Å². The first kappa shape index (κ1) is 30.5. The second kappa shape index (κ2) is 12.0. The summed E-state index contributed by atoms with van der Waals surface area (Å²) in [5.41, 5.74) is 0.174. The minimum absolute atomic E-state index is 0.0113. The van der Waals surface area contributed by atoms with Crippen LogP contribution in [0, 0.1) is 17.2 Å². The van der Waals surface area contributed by atoms with E-state index in [9.17, 15) is 22.4 Å². The Balaban J connectivity index is 1.90. The van der Waals surface area contributed by atoms with Crippen LogP contribution >= 0.6 is 0 Å². The normalized spacial score (nSPS) is 23.9. The van der Waals surface area contributed by atoms with Crippen molar-refractivity contribution >= 4 is 21.8 Å². The van der Waals surface area contributed by atoms with Crippen LogP contribution in [0.2, 0.25) is 0 Å². The number of likely N-dealkylation sites (tertiary alicyclic amines) is 1. The number of fused-ring (bicyclic) bond motifs is 1. The third kappa shape index (κ3) is 6.91. The Kier molecular flexibility index (Phi) is 9.60. The molecule has 2 saturated heterocycles. The first-order chi connectivity index (χ1) is 17.7. The molecule has 11 heteroatoms. The van der Waals surface area contributed by atoms with Crippen LogP contribution < -0.4 is 10.6 Å². The minimum Gasteiger partial charge on any atom is -0.370 e. The lowest BCUT2D eigenvalue weighted by atomic mass is 9.85. The van der Waals surface area contributed by atoms with Crippen LogP contribution in [0.4, 0.5) is 4.39 Å². The smallest absolute Gasteiger partial charge is 0.246 e. The average Bonchev–Trinajstić information content (AvgIpc) is 3.40. The summed E-state index contributed by atoms with van der Waals surface area (Å²) in [4.78, 5) is 28.4. The summed E-state index contributed by atoms with van der Waals surface area (Å²) < 4.78 is 47.8. The molecule has 2 N–H and O–H groups in total. The summed E-state index contributed by atoms with van der Waals surface area (Å²) in [6.07, 6.45) is -0.0759. The summed E-state index contributed by atoms with van der Waals surface area (Å²) in [5, 5.41) is 5.80. The van der Waals surface area contributed by atoms with Gasteiger partial charge in [-0.3, -0.25) is 9.59 Å². The van der Waals surface area contributed by atoms with Gasteiger partial charge in [-0.15, -0.1) is 0 Å². The molecule has 0 saturated carbocycles. The molecule has 0 spiro atoms. The third-order valence-electron chi connectivity index (χ3n) is 7.32. The van der Waals surface area contributed by atoms with Gasteiger partial charge in [0.1, 0.15) is 11.9 Å². The van der Waals surface area contributed by atoms with E-state index < -0.39 is 45.7 Å². The molecule has 2 amide bonds. The van der Waals surface area contributed by atoms with Gasteiger partial charge in [0.25, 0.3) is 0 Å². The van der Waals surface area contributed by atoms with Crippen molar-refractivity contribution in [3.63, 3.8) is 0 Å². The summed E-state index contributed by atoms with van der Waals surface area (Å²) in [6, 6.07) is 3.77. The van der Waals surface area contributed by atoms with Crippen molar-refractivity contribution < 1.29 is 27.1 Å². The lowest BCUT2D eigenvalue weighted by Crippen LogP contribution is -2.59. The monoisotopic (exact) mass is 554 g/mol. The highest BCUT2D eigenvalue weighted by molar-refractivity contribution is 7.89. The molecule has 0 aliphatic carbocycles. The Labute approximate surface area is 226 Å². The Morgan fingerprint density at radius 3 is 2.34 bits per heavy atom. The molecule has 214 valence electrons. The van der Waals surface area contributed by atoms with E-state index in [2.05, 4.69) is 10.6 Å². The first-order valence-corrected chi connectivity index (χ1v) is 14.9. The predicted molar refractivity (Wildman–Crippen MR) is 144 cm³/mol. The summed E-state index contributed by atoms with van der Waals surface area (Å²) in [7, 11) is -1.90. The van der Waals surface area contributed by atoms with E-state index in [-0.39, 0.29) is 42.5 Å². The number of amides is 2. The molecule has 1 aromatic carbocycles. The molecule has 2 heterocycles. The molecular formula is C27H43FN4O5S. The van der Waals surface area contributed by atoms with E-state index in [4.69, 9.17) is 4.74 Å². The zero-order valence-electron chi connectivity index (χ0n) is 23.5. The van der Waals surface area contributed by atoms with E-state index in [0.29, 0.717) is 13.0 Å². The molecule has 2 aliphatic heterocycles. The Morgan fingerprint density at radius 2 is 1.79 bits per heavy atom. The summed E-state index contributed by atoms with van der Waals surface area (Å²) in [6.45, 7) is 11.8. The van der Waals surface area contributed by atoms with Crippen molar-refractivity contribution in [2.24, 2.45) is 11.3 Å². The molecule has 5 atom stereocenters. The molecule has 9 nitrogen and oxygen atoms in total. The van der Waals surface area contributed by atoms with E-state index in [1.165, 1.54) is 16.4 Å². The zero-order chi connectivity index (χ0) is 28.4. The van der Waals surface area contributed by atoms with E-state index in [1.807, 2.05) is 34.6 Å². The lowest BCUT2D eigenvalue weighted by Gasteiger charge is -2.37. The standard InChI is InChI=1S/C27H43FN4O5S/c1-17(2)16-38(35,36)32-14-22(37-15-19-8-10-20(28)11-9-19)23-21(32)12-13-31(23)26(34)24(27(4,5)6)30-25(33)18(3)29-7/h8-11,17-18,21-24,29H,12-16H2,1-7H3,(H,30,33). The third-order valence-corrected chi connectivity index (χ3v) is 9.54. The molecule has 0 bridgehead atoms. The Bertz CT molecular complexity index is 1090. The number of carbonyl (C=O) groups excluding carboxylic acids is 2. The van der Waals surface area contributed by atoms with Gasteiger partial charge in [0.05, 0.1) is 30.5 Å². The Hall–Kier alpha value is -2.08. The van der Waals surface area contributed by atoms with Gasteiger partial charge in [-0.05, 0) is 49.4 Å². The van der Waals surface area contributed by atoms with Crippen molar-refractivity contribution in [3.05, 3.63) is 35.6 Å². The van der Waals surface area contributed by atoms with Crippen LogP contribution in [0.3, 0.4) is 0 Å². The van der Waals surface area contributed by atoms with Crippen molar-refractivity contribution in [1.82, 2.24) is 19.8 Å². The summed E-state index contributed by atoms with van der Waals surface area (Å²) >= 11 is 0. The molecular weight excluding hydrogens is 511 g/mol. The molecule has 0 radical (unpaired) electrons. The number of hydrogen-bond donors (Lipinski definition) is 2. The van der Waals surface area contributed by atoms with Gasteiger partial charge < -0.3 is 20.3 Å². The second-order valence-corrected chi connectivity index (χ2v) is 13.9. The topological polar surface area (TPSA) is 108 Å². The van der Waals surface area contributed by atoms with Crippen molar-refractivity contribution in [2.45, 2.75) is 84.8 Å². The number of halogens is 1. The maximum atomic E-state index is 14.0. The van der Waals surface area contributed by atoms with Crippen molar-refractivity contribution in [2.75, 3.05) is 25.9 Å². The van der Waals surface area contributed by atoms with Gasteiger partial charge in [0.15, 0.2) is 0 Å². The number of rotatable bonds is 10. The number of carbonyl (C=O) groups is 2. The highest BCUT2D eigenvalue weighted by Gasteiger charge is 2.55. The van der Waals surface area contributed by atoms with E-state index >= 15 is 0 Å². The van der Waals surface area contributed by atoms with Crippen LogP contribution in [-0.4, -0.2) is 85.6 Å². The molecule has 5 unspecified atom stereocenters. The van der Waals surface area contributed by atoms with Crippen molar-refractivity contribution in [1.29, 1.82) is 0 Å². The molecule has 0 aromatic heterocycles. The van der Waals surface area contributed by atoms with Gasteiger partial charge in [0, 0.05) is 19.1 Å². The maximum Gasteiger partial charge on any atom is 0.246 e. The van der Waals surface area contributed by atoms with Gasteiger partial charge in [-0.2, -0.15) is 4.31 Å². The minimum atomic E-state index is -3.58. The maximum absolute atomic E-state index is 14.0. The molecule has 2 aliphatic rings. The molecule has 1 aromatic rings. The SMILES string of the molecule is CNC(C)C(=O)NC(C(=O)N1CCC2C1C(OCc1ccc(F)cc1)CN2S(=O)(=O)CC(C)C)C(C)(C)C. The average molecular weight is 555 g/mol. The number of ether oxygens (including phenoxy) is 1. The fraction of sp³-hybridized carbons (Fsp3) is 0.704. The zero-order valence-corrected chi connectivity index (χ0v) is 24.3. The number of nitrogens with zero attached hydrogens (tertiary/aromatic N) is 2. The Morgan fingerprint density at radius 1 is 1.16 bits per heavy atom. The van der Waals surface area contributed by atoms with Crippen LogP contribution in [0.5, 0.6) is 0 Å². The number of hydrogen-bond acceptors (Lipinski definition) is 6. The molecule has 38 heavy (non-hydrogen) atoms. The quantitative estimate of drug-likeness (QED) is 0.459. The fourth-order valence-electron chi connectivity index (χ4n) is 5.22. The van der Waals surface area contributed by atoms with Crippen LogP contribution in [-0.2, 0) is 31.0 Å². The highest BCUT2D eigenvalue weighted by atomic mass is 32.2. The highest BCUT2D eigenvalue weighted by Crippen LogP contribution is 2.37.